The topological polar surface area (TPSA) is 4.93 Å². The molecule has 0 amide bonds. The molecule has 20 heavy (non-hydrogen) atoms. The molecule has 0 bridgehead atoms. The largest absolute Gasteiger partial charge is 0.344 e. The van der Waals surface area contributed by atoms with Crippen LogP contribution in [0.2, 0.25) is 0 Å². The third-order valence-electron chi connectivity index (χ3n) is 4.16. The predicted molar refractivity (Wildman–Crippen MR) is 86.4 cm³/mol. The fourth-order valence-electron chi connectivity index (χ4n) is 3.15. The number of nitrogens with zero attached hydrogens (tertiary/aromatic N) is 1. The Morgan fingerprint density at radius 3 is 2.55 bits per heavy atom. The summed E-state index contributed by atoms with van der Waals surface area (Å²) in [5.74, 6) is 0. The normalized spacial score (nSPS) is 13.2. The first kappa shape index (κ1) is 11.3. The second kappa shape index (κ2) is 3.97. The van der Waals surface area contributed by atoms with Gasteiger partial charge in [0.2, 0.25) is 0 Å². The van der Waals surface area contributed by atoms with Gasteiger partial charge in [0, 0.05) is 29.2 Å². The summed E-state index contributed by atoms with van der Waals surface area (Å²) in [5.41, 5.74) is 7.30. The lowest BCUT2D eigenvalue weighted by Crippen LogP contribution is -1.92. The molecule has 4 rings (SSSR count). The number of fused-ring (bicyclic) bond motifs is 4. The number of rotatable bonds is 0. The van der Waals surface area contributed by atoms with Gasteiger partial charge in [-0.15, -0.1) is 0 Å². The van der Waals surface area contributed by atoms with E-state index >= 15 is 0 Å². The van der Waals surface area contributed by atoms with Crippen LogP contribution in [0.4, 0.5) is 0 Å². The van der Waals surface area contributed by atoms with Gasteiger partial charge in [-0.3, -0.25) is 0 Å². The SMILES string of the molecule is C=C1c2ccccc2C=Cc2c1c1ccccc1n2C. The zero-order valence-electron chi connectivity index (χ0n) is 11.4. The van der Waals surface area contributed by atoms with Crippen molar-refractivity contribution < 1.29 is 0 Å². The van der Waals surface area contributed by atoms with Crippen LogP contribution < -0.4 is 0 Å². The lowest BCUT2D eigenvalue weighted by Gasteiger charge is -2.07. The highest BCUT2D eigenvalue weighted by molar-refractivity contribution is 6.04. The van der Waals surface area contributed by atoms with Crippen LogP contribution in [-0.4, -0.2) is 4.57 Å². The molecule has 1 nitrogen and oxygen atoms in total. The van der Waals surface area contributed by atoms with E-state index in [4.69, 9.17) is 0 Å². The van der Waals surface area contributed by atoms with E-state index in [1.807, 2.05) is 0 Å². The lowest BCUT2D eigenvalue weighted by atomic mass is 9.95. The van der Waals surface area contributed by atoms with Gasteiger partial charge in [0.05, 0.1) is 0 Å². The summed E-state index contributed by atoms with van der Waals surface area (Å²) in [5, 5.41) is 1.27. The average Bonchev–Trinajstić information content (AvgIpc) is 2.68. The molecule has 0 unspecified atom stereocenters. The molecule has 0 N–H and O–H groups in total. The van der Waals surface area contributed by atoms with Crippen molar-refractivity contribution in [3.05, 3.63) is 77.5 Å². The fraction of sp³-hybridized carbons (Fsp3) is 0.0526. The summed E-state index contributed by atoms with van der Waals surface area (Å²) in [6, 6.07) is 17.0. The van der Waals surface area contributed by atoms with Crippen LogP contribution in [-0.2, 0) is 7.05 Å². The zero-order valence-corrected chi connectivity index (χ0v) is 11.4. The summed E-state index contributed by atoms with van der Waals surface area (Å²) in [4.78, 5) is 0. The number of para-hydroxylation sites is 1. The minimum Gasteiger partial charge on any atom is -0.344 e. The summed E-state index contributed by atoms with van der Waals surface area (Å²) >= 11 is 0. The van der Waals surface area contributed by atoms with Gasteiger partial charge in [-0.25, -0.2) is 0 Å². The smallest absolute Gasteiger partial charge is 0.0495 e. The van der Waals surface area contributed by atoms with E-state index in [0.717, 1.165) is 5.57 Å². The van der Waals surface area contributed by atoms with Crippen molar-refractivity contribution >= 4 is 28.6 Å². The molecule has 96 valence electrons. The molecule has 0 fully saturated rings. The summed E-state index contributed by atoms with van der Waals surface area (Å²) in [6.07, 6.45) is 4.39. The molecule has 0 saturated heterocycles. The van der Waals surface area contributed by atoms with Gasteiger partial charge in [0.15, 0.2) is 0 Å². The standard InChI is InChI=1S/C19H15N/c1-13-15-8-4-3-7-14(15)11-12-18-19(13)16-9-5-6-10-17(16)20(18)2/h3-12H,1H2,2H3. The highest BCUT2D eigenvalue weighted by atomic mass is 14.9. The van der Waals surface area contributed by atoms with E-state index in [2.05, 4.69) is 78.9 Å². The van der Waals surface area contributed by atoms with Gasteiger partial charge in [-0.05, 0) is 28.8 Å². The van der Waals surface area contributed by atoms with Crippen molar-refractivity contribution in [3.63, 3.8) is 0 Å². The van der Waals surface area contributed by atoms with Gasteiger partial charge in [0.25, 0.3) is 0 Å². The first-order valence-corrected chi connectivity index (χ1v) is 6.81. The quantitative estimate of drug-likeness (QED) is 0.429. The molecule has 0 aliphatic heterocycles. The molecular formula is C19H15N. The molecule has 0 radical (unpaired) electrons. The van der Waals surface area contributed by atoms with Crippen molar-refractivity contribution in [2.45, 2.75) is 0 Å². The van der Waals surface area contributed by atoms with Gasteiger partial charge >= 0.3 is 0 Å². The molecule has 0 atom stereocenters. The van der Waals surface area contributed by atoms with Gasteiger partial charge < -0.3 is 4.57 Å². The van der Waals surface area contributed by atoms with Crippen LogP contribution in [0.3, 0.4) is 0 Å². The Balaban J connectivity index is 2.14. The fourth-order valence-corrected chi connectivity index (χ4v) is 3.15. The molecule has 1 aromatic heterocycles. The Morgan fingerprint density at radius 1 is 0.900 bits per heavy atom. The van der Waals surface area contributed by atoms with Crippen LogP contribution in [0.25, 0.3) is 28.6 Å². The van der Waals surface area contributed by atoms with Crippen LogP contribution in [0, 0.1) is 0 Å². The molecule has 2 aromatic carbocycles. The number of hydrogen-bond acceptors (Lipinski definition) is 0. The van der Waals surface area contributed by atoms with E-state index in [-0.39, 0.29) is 0 Å². The Labute approximate surface area is 118 Å². The van der Waals surface area contributed by atoms with Crippen LogP contribution in [0.5, 0.6) is 0 Å². The lowest BCUT2D eigenvalue weighted by molar-refractivity contribution is 0.953. The number of hydrogen-bond donors (Lipinski definition) is 0. The minimum atomic E-state index is 1.11. The van der Waals surface area contributed by atoms with E-state index in [0.29, 0.717) is 0 Å². The van der Waals surface area contributed by atoms with E-state index in [9.17, 15) is 0 Å². The van der Waals surface area contributed by atoms with Crippen molar-refractivity contribution in [1.82, 2.24) is 4.57 Å². The predicted octanol–water partition coefficient (Wildman–Crippen LogP) is 4.72. The average molecular weight is 257 g/mol. The first-order valence-electron chi connectivity index (χ1n) is 6.81. The second-order valence-electron chi connectivity index (χ2n) is 5.24. The summed E-state index contributed by atoms with van der Waals surface area (Å²) in [6.45, 7) is 4.37. The molecule has 1 heterocycles. The van der Waals surface area contributed by atoms with E-state index in [1.54, 1.807) is 0 Å². The summed E-state index contributed by atoms with van der Waals surface area (Å²) in [7, 11) is 2.12. The zero-order chi connectivity index (χ0) is 13.7. The molecule has 1 heteroatoms. The van der Waals surface area contributed by atoms with Crippen molar-refractivity contribution in [1.29, 1.82) is 0 Å². The van der Waals surface area contributed by atoms with Crippen LogP contribution in [0.1, 0.15) is 22.4 Å². The second-order valence-corrected chi connectivity index (χ2v) is 5.24. The summed E-state index contributed by atoms with van der Waals surface area (Å²) < 4.78 is 2.25. The number of benzene rings is 2. The molecule has 1 aliphatic rings. The van der Waals surface area contributed by atoms with Crippen molar-refractivity contribution in [3.8, 4) is 0 Å². The molecular weight excluding hydrogens is 242 g/mol. The Kier molecular flexibility index (Phi) is 2.25. The molecule has 0 spiro atoms. The Hall–Kier alpha value is -2.54. The molecule has 0 saturated carbocycles. The third kappa shape index (κ3) is 1.38. The third-order valence-corrected chi connectivity index (χ3v) is 4.16. The molecule has 1 aliphatic carbocycles. The maximum Gasteiger partial charge on any atom is 0.0495 e. The van der Waals surface area contributed by atoms with Crippen molar-refractivity contribution in [2.75, 3.05) is 0 Å². The molecule has 3 aromatic rings. The first-order chi connectivity index (χ1) is 9.77. The van der Waals surface area contributed by atoms with Gasteiger partial charge in [-0.2, -0.15) is 0 Å². The highest BCUT2D eigenvalue weighted by Gasteiger charge is 2.19. The monoisotopic (exact) mass is 257 g/mol. The number of aromatic nitrogens is 1. The van der Waals surface area contributed by atoms with E-state index in [1.165, 1.54) is 33.3 Å². The number of aryl methyl sites for hydroxylation is 1. The van der Waals surface area contributed by atoms with Gasteiger partial charge in [-0.1, -0.05) is 55.1 Å². The Morgan fingerprint density at radius 2 is 1.65 bits per heavy atom. The maximum absolute atomic E-state index is 4.37. The minimum absolute atomic E-state index is 1.11. The highest BCUT2D eigenvalue weighted by Crippen LogP contribution is 2.38. The van der Waals surface area contributed by atoms with Crippen molar-refractivity contribution in [2.24, 2.45) is 7.05 Å². The van der Waals surface area contributed by atoms with Crippen LogP contribution in [0.15, 0.2) is 55.1 Å². The van der Waals surface area contributed by atoms with E-state index < -0.39 is 0 Å². The van der Waals surface area contributed by atoms with Gasteiger partial charge in [0.1, 0.15) is 0 Å². The maximum atomic E-state index is 4.37. The van der Waals surface area contributed by atoms with Crippen LogP contribution >= 0.6 is 0 Å². The Bertz CT molecular complexity index is 878.